The normalized spacial score (nSPS) is 12.3. The van der Waals surface area contributed by atoms with Crippen LogP contribution in [-0.4, -0.2) is 39.4 Å². The number of nitrogens with one attached hydrogen (secondary N) is 1. The molecule has 122 valence electrons. The Kier molecular flexibility index (Phi) is 7.13. The summed E-state index contributed by atoms with van der Waals surface area (Å²) in [4.78, 5) is 23.2. The average molecular weight is 350 g/mol. The zero-order chi connectivity index (χ0) is 16.6. The van der Waals surface area contributed by atoms with Gasteiger partial charge in [0.25, 0.3) is 0 Å². The van der Waals surface area contributed by atoms with Crippen molar-refractivity contribution in [3.05, 3.63) is 35.9 Å². The van der Waals surface area contributed by atoms with Gasteiger partial charge in [0.2, 0.25) is 9.05 Å². The van der Waals surface area contributed by atoms with E-state index in [0.717, 1.165) is 12.7 Å². The second-order valence-electron chi connectivity index (χ2n) is 4.31. The first kappa shape index (κ1) is 18.2. The summed E-state index contributed by atoms with van der Waals surface area (Å²) in [7, 11) is 2.43. The number of ether oxygens (including phenoxy) is 2. The minimum absolute atomic E-state index is 0.0222. The maximum Gasteiger partial charge on any atom is 0.408 e. The van der Waals surface area contributed by atoms with E-state index in [9.17, 15) is 18.0 Å². The smallest absolute Gasteiger partial charge is 0.408 e. The molecule has 0 unspecified atom stereocenters. The highest BCUT2D eigenvalue weighted by molar-refractivity contribution is 8.13. The molecule has 1 atom stereocenters. The standard InChI is InChI=1S/C13H16ClNO6S/c1-20-12(16)11(7-8-22(14,18)19)15-13(17)21-9-10-5-3-2-4-6-10/h2-6,11H,7-9H2,1H3,(H,15,17)/t11-/m1/s1. The Labute approximate surface area is 133 Å². The summed E-state index contributed by atoms with van der Waals surface area (Å²) >= 11 is 0. The molecule has 0 spiro atoms. The number of hydrogen-bond acceptors (Lipinski definition) is 6. The van der Waals surface area contributed by atoms with E-state index in [1.807, 2.05) is 6.07 Å². The Morgan fingerprint density at radius 3 is 2.45 bits per heavy atom. The van der Waals surface area contributed by atoms with Crippen molar-refractivity contribution >= 4 is 31.8 Å². The summed E-state index contributed by atoms with van der Waals surface area (Å²) in [5, 5.41) is 2.25. The fourth-order valence-electron chi connectivity index (χ4n) is 1.56. The fraction of sp³-hybridized carbons (Fsp3) is 0.385. The van der Waals surface area contributed by atoms with Gasteiger partial charge < -0.3 is 14.8 Å². The third-order valence-corrected chi connectivity index (χ3v) is 3.83. The maximum atomic E-state index is 11.6. The van der Waals surface area contributed by atoms with Crippen LogP contribution in [0.1, 0.15) is 12.0 Å². The van der Waals surface area contributed by atoms with E-state index in [1.165, 1.54) is 0 Å². The first-order chi connectivity index (χ1) is 10.3. The van der Waals surface area contributed by atoms with E-state index in [-0.39, 0.29) is 13.0 Å². The Balaban J connectivity index is 2.53. The van der Waals surface area contributed by atoms with Gasteiger partial charge in [-0.15, -0.1) is 0 Å². The Bertz CT molecular complexity index is 604. The van der Waals surface area contributed by atoms with E-state index in [2.05, 4.69) is 10.1 Å². The molecular weight excluding hydrogens is 334 g/mol. The highest BCUT2D eigenvalue weighted by Gasteiger charge is 2.24. The van der Waals surface area contributed by atoms with Gasteiger partial charge in [0.1, 0.15) is 12.6 Å². The number of benzene rings is 1. The summed E-state index contributed by atoms with van der Waals surface area (Å²) in [6.45, 7) is 0.0222. The molecule has 1 rings (SSSR count). The van der Waals surface area contributed by atoms with E-state index in [0.29, 0.717) is 0 Å². The van der Waals surface area contributed by atoms with Gasteiger partial charge in [0.05, 0.1) is 12.9 Å². The Hall–Kier alpha value is -1.80. The first-order valence-electron chi connectivity index (χ1n) is 6.29. The van der Waals surface area contributed by atoms with Crippen molar-refractivity contribution in [1.29, 1.82) is 0 Å². The van der Waals surface area contributed by atoms with Crippen LogP contribution in [0, 0.1) is 0 Å². The van der Waals surface area contributed by atoms with Gasteiger partial charge >= 0.3 is 12.1 Å². The molecule has 0 aliphatic carbocycles. The van der Waals surface area contributed by atoms with Crippen LogP contribution in [0.2, 0.25) is 0 Å². The van der Waals surface area contributed by atoms with Crippen molar-refractivity contribution in [2.45, 2.75) is 19.1 Å². The molecule has 1 aromatic rings. The number of esters is 1. The van der Waals surface area contributed by atoms with E-state index in [4.69, 9.17) is 15.4 Å². The Morgan fingerprint density at radius 1 is 1.27 bits per heavy atom. The van der Waals surface area contributed by atoms with Crippen molar-refractivity contribution in [1.82, 2.24) is 5.32 Å². The lowest BCUT2D eigenvalue weighted by Crippen LogP contribution is -2.42. The van der Waals surface area contributed by atoms with Crippen LogP contribution in [0.3, 0.4) is 0 Å². The van der Waals surface area contributed by atoms with Gasteiger partial charge in [0, 0.05) is 10.7 Å². The Morgan fingerprint density at radius 2 is 1.91 bits per heavy atom. The number of carbonyl (C=O) groups excluding carboxylic acids is 2. The predicted octanol–water partition coefficient (Wildman–Crippen LogP) is 1.41. The SMILES string of the molecule is COC(=O)[C@@H](CCS(=O)(=O)Cl)NC(=O)OCc1ccccc1. The zero-order valence-electron chi connectivity index (χ0n) is 11.8. The molecule has 0 saturated carbocycles. The van der Waals surface area contributed by atoms with Crippen molar-refractivity contribution in [2.24, 2.45) is 0 Å². The third kappa shape index (κ3) is 7.28. The van der Waals surface area contributed by atoms with Gasteiger partial charge in [-0.25, -0.2) is 18.0 Å². The van der Waals surface area contributed by atoms with E-state index in [1.54, 1.807) is 24.3 Å². The molecule has 1 amide bonds. The molecule has 1 N–H and O–H groups in total. The molecule has 7 nitrogen and oxygen atoms in total. The summed E-state index contributed by atoms with van der Waals surface area (Å²) in [5.41, 5.74) is 0.774. The lowest BCUT2D eigenvalue weighted by Gasteiger charge is -2.15. The first-order valence-corrected chi connectivity index (χ1v) is 8.77. The molecule has 0 fully saturated rings. The molecule has 1 aromatic carbocycles. The largest absolute Gasteiger partial charge is 0.467 e. The predicted molar refractivity (Wildman–Crippen MR) is 79.8 cm³/mol. The molecule has 0 aliphatic rings. The zero-order valence-corrected chi connectivity index (χ0v) is 13.4. The second-order valence-corrected chi connectivity index (χ2v) is 7.21. The molecule has 9 heteroatoms. The molecule has 0 heterocycles. The van der Waals surface area contributed by atoms with Crippen molar-refractivity contribution in [3.8, 4) is 0 Å². The lowest BCUT2D eigenvalue weighted by atomic mass is 10.2. The van der Waals surface area contributed by atoms with Crippen LogP contribution in [0.15, 0.2) is 30.3 Å². The molecular formula is C13H16ClNO6S. The summed E-state index contributed by atoms with van der Waals surface area (Å²) in [6, 6.07) is 7.79. The van der Waals surface area contributed by atoms with Gasteiger partial charge in [0.15, 0.2) is 0 Å². The van der Waals surface area contributed by atoms with Crippen molar-refractivity contribution in [3.63, 3.8) is 0 Å². The number of rotatable bonds is 7. The average Bonchev–Trinajstić information content (AvgIpc) is 2.48. The number of hydrogen-bond donors (Lipinski definition) is 1. The minimum Gasteiger partial charge on any atom is -0.467 e. The van der Waals surface area contributed by atoms with Gasteiger partial charge in [-0.3, -0.25) is 0 Å². The van der Waals surface area contributed by atoms with Gasteiger partial charge in [-0.2, -0.15) is 0 Å². The number of amides is 1. The number of alkyl carbamates (subject to hydrolysis) is 1. The van der Waals surface area contributed by atoms with Crippen molar-refractivity contribution < 1.29 is 27.5 Å². The summed E-state index contributed by atoms with van der Waals surface area (Å²) in [6.07, 6.45) is -1.06. The van der Waals surface area contributed by atoms with E-state index >= 15 is 0 Å². The number of carbonyl (C=O) groups is 2. The van der Waals surface area contributed by atoms with Crippen LogP contribution in [0.4, 0.5) is 4.79 Å². The molecule has 0 aliphatic heterocycles. The molecule has 0 bridgehead atoms. The summed E-state index contributed by atoms with van der Waals surface area (Å²) < 4.78 is 31.3. The maximum absolute atomic E-state index is 11.6. The van der Waals surface area contributed by atoms with Crippen molar-refractivity contribution in [2.75, 3.05) is 12.9 Å². The number of methoxy groups -OCH3 is 1. The summed E-state index contributed by atoms with van der Waals surface area (Å²) in [5.74, 6) is -1.26. The fourth-order valence-corrected chi connectivity index (χ4v) is 2.34. The molecule has 0 radical (unpaired) electrons. The van der Waals surface area contributed by atoms with Gasteiger partial charge in [-0.1, -0.05) is 30.3 Å². The lowest BCUT2D eigenvalue weighted by molar-refractivity contribution is -0.143. The van der Waals surface area contributed by atoms with Crippen LogP contribution < -0.4 is 5.32 Å². The topological polar surface area (TPSA) is 98.8 Å². The highest BCUT2D eigenvalue weighted by atomic mass is 35.7. The van der Waals surface area contributed by atoms with Crippen LogP contribution in [-0.2, 0) is 29.9 Å². The molecule has 0 saturated heterocycles. The molecule has 22 heavy (non-hydrogen) atoms. The second kappa shape index (κ2) is 8.60. The van der Waals surface area contributed by atoms with E-state index < -0.39 is 32.9 Å². The number of halogens is 1. The third-order valence-electron chi connectivity index (χ3n) is 2.64. The monoisotopic (exact) mass is 349 g/mol. The van der Waals surface area contributed by atoms with Crippen LogP contribution >= 0.6 is 10.7 Å². The van der Waals surface area contributed by atoms with Crippen LogP contribution in [0.25, 0.3) is 0 Å². The van der Waals surface area contributed by atoms with Crippen LogP contribution in [0.5, 0.6) is 0 Å². The quantitative estimate of drug-likeness (QED) is 0.590. The minimum atomic E-state index is -3.78. The highest BCUT2D eigenvalue weighted by Crippen LogP contribution is 2.05. The molecule has 0 aromatic heterocycles. The van der Waals surface area contributed by atoms with Gasteiger partial charge in [-0.05, 0) is 12.0 Å².